The van der Waals surface area contributed by atoms with Crippen LogP contribution in [0.5, 0.6) is 0 Å². The van der Waals surface area contributed by atoms with Crippen LogP contribution in [0.2, 0.25) is 0 Å². The van der Waals surface area contributed by atoms with E-state index in [1.807, 2.05) is 0 Å². The van der Waals surface area contributed by atoms with Gasteiger partial charge in [-0.2, -0.15) is 0 Å². The van der Waals surface area contributed by atoms with Crippen molar-refractivity contribution < 1.29 is 9.90 Å². The standard InChI is InChI=1S/C14H26N2O2/c1-2-16(12-7-8-12)9-14(18)15-13-6-4-3-5-11(13)10-17/h11-13,17H,2-10H2,1H3,(H,15,18). The number of carbonyl (C=O) groups excluding carboxylic acids is 1. The van der Waals surface area contributed by atoms with E-state index in [2.05, 4.69) is 17.1 Å². The van der Waals surface area contributed by atoms with E-state index in [9.17, 15) is 9.90 Å². The fourth-order valence-corrected chi connectivity index (χ4v) is 2.99. The Bertz CT molecular complexity index is 279. The van der Waals surface area contributed by atoms with E-state index in [0.29, 0.717) is 12.6 Å². The highest BCUT2D eigenvalue weighted by molar-refractivity contribution is 5.78. The van der Waals surface area contributed by atoms with E-state index in [1.54, 1.807) is 0 Å². The third kappa shape index (κ3) is 3.69. The SMILES string of the molecule is CCN(CC(=O)NC1CCCCC1CO)C1CC1. The Morgan fingerprint density at radius 1 is 1.28 bits per heavy atom. The zero-order valence-corrected chi connectivity index (χ0v) is 11.4. The van der Waals surface area contributed by atoms with Gasteiger partial charge in [0.15, 0.2) is 0 Å². The van der Waals surface area contributed by atoms with Crippen molar-refractivity contribution in [1.82, 2.24) is 10.2 Å². The topological polar surface area (TPSA) is 52.6 Å². The van der Waals surface area contributed by atoms with Gasteiger partial charge in [-0.25, -0.2) is 0 Å². The lowest BCUT2D eigenvalue weighted by Gasteiger charge is -2.31. The molecule has 0 heterocycles. The summed E-state index contributed by atoms with van der Waals surface area (Å²) in [4.78, 5) is 14.3. The number of rotatable bonds is 6. The van der Waals surface area contributed by atoms with Crippen molar-refractivity contribution in [2.24, 2.45) is 5.92 Å². The Hall–Kier alpha value is -0.610. The minimum absolute atomic E-state index is 0.133. The molecule has 0 bridgehead atoms. The Morgan fingerprint density at radius 3 is 2.61 bits per heavy atom. The molecule has 4 nitrogen and oxygen atoms in total. The van der Waals surface area contributed by atoms with E-state index in [-0.39, 0.29) is 24.5 Å². The maximum Gasteiger partial charge on any atom is 0.234 e. The van der Waals surface area contributed by atoms with Crippen molar-refractivity contribution in [1.29, 1.82) is 0 Å². The molecule has 0 saturated heterocycles. The van der Waals surface area contributed by atoms with Crippen molar-refractivity contribution in [2.75, 3.05) is 19.7 Å². The summed E-state index contributed by atoms with van der Waals surface area (Å²) < 4.78 is 0. The molecule has 2 saturated carbocycles. The molecule has 0 aliphatic heterocycles. The van der Waals surface area contributed by atoms with Gasteiger partial charge in [0.1, 0.15) is 0 Å². The van der Waals surface area contributed by atoms with Gasteiger partial charge in [-0.05, 0) is 32.2 Å². The first kappa shape index (κ1) is 13.8. The smallest absolute Gasteiger partial charge is 0.234 e. The molecule has 0 aromatic heterocycles. The number of nitrogens with zero attached hydrogens (tertiary/aromatic N) is 1. The number of nitrogens with one attached hydrogen (secondary N) is 1. The third-order valence-corrected chi connectivity index (χ3v) is 4.31. The number of hydrogen-bond acceptors (Lipinski definition) is 3. The van der Waals surface area contributed by atoms with Gasteiger partial charge in [0.25, 0.3) is 0 Å². The van der Waals surface area contributed by atoms with Crippen LogP contribution < -0.4 is 5.32 Å². The lowest BCUT2D eigenvalue weighted by Crippen LogP contribution is -2.47. The highest BCUT2D eigenvalue weighted by atomic mass is 16.3. The average Bonchev–Trinajstić information content (AvgIpc) is 3.21. The van der Waals surface area contributed by atoms with Gasteiger partial charge in [0.2, 0.25) is 5.91 Å². The minimum Gasteiger partial charge on any atom is -0.396 e. The van der Waals surface area contributed by atoms with Gasteiger partial charge in [-0.1, -0.05) is 19.8 Å². The van der Waals surface area contributed by atoms with Crippen LogP contribution in [0.25, 0.3) is 0 Å². The molecule has 104 valence electrons. The van der Waals surface area contributed by atoms with Crippen LogP contribution >= 0.6 is 0 Å². The minimum atomic E-state index is 0.133. The number of hydrogen-bond donors (Lipinski definition) is 2. The molecule has 2 unspecified atom stereocenters. The number of aliphatic hydroxyl groups is 1. The van der Waals surface area contributed by atoms with Gasteiger partial charge < -0.3 is 10.4 Å². The van der Waals surface area contributed by atoms with Gasteiger partial charge in [-0.15, -0.1) is 0 Å². The van der Waals surface area contributed by atoms with Crippen LogP contribution in [0, 0.1) is 5.92 Å². The molecule has 18 heavy (non-hydrogen) atoms. The zero-order chi connectivity index (χ0) is 13.0. The summed E-state index contributed by atoms with van der Waals surface area (Å²) in [7, 11) is 0. The highest BCUT2D eigenvalue weighted by Crippen LogP contribution is 2.26. The summed E-state index contributed by atoms with van der Waals surface area (Å²) in [6, 6.07) is 0.829. The van der Waals surface area contributed by atoms with E-state index >= 15 is 0 Å². The maximum absolute atomic E-state index is 12.0. The second kappa shape index (κ2) is 6.53. The van der Waals surface area contributed by atoms with E-state index in [4.69, 9.17) is 0 Å². The van der Waals surface area contributed by atoms with Gasteiger partial charge in [0.05, 0.1) is 6.54 Å². The Morgan fingerprint density at radius 2 is 2.00 bits per heavy atom. The lowest BCUT2D eigenvalue weighted by atomic mass is 9.85. The predicted octanol–water partition coefficient (Wildman–Crippen LogP) is 1.14. The zero-order valence-electron chi connectivity index (χ0n) is 11.4. The summed E-state index contributed by atoms with van der Waals surface area (Å²) in [6.07, 6.45) is 6.89. The van der Waals surface area contributed by atoms with Crippen LogP contribution in [0.4, 0.5) is 0 Å². The third-order valence-electron chi connectivity index (χ3n) is 4.31. The number of carbonyl (C=O) groups is 1. The monoisotopic (exact) mass is 254 g/mol. The van der Waals surface area contributed by atoms with Crippen molar-refractivity contribution >= 4 is 5.91 Å². The van der Waals surface area contributed by atoms with Gasteiger partial charge in [-0.3, -0.25) is 9.69 Å². The molecular weight excluding hydrogens is 228 g/mol. The molecule has 2 N–H and O–H groups in total. The molecule has 1 amide bonds. The maximum atomic E-state index is 12.0. The number of likely N-dealkylation sites (N-methyl/N-ethyl adjacent to an activating group) is 1. The van der Waals surface area contributed by atoms with Crippen molar-refractivity contribution in [3.63, 3.8) is 0 Å². The molecule has 2 aliphatic rings. The van der Waals surface area contributed by atoms with Crippen molar-refractivity contribution in [3.8, 4) is 0 Å². The van der Waals surface area contributed by atoms with Crippen molar-refractivity contribution in [3.05, 3.63) is 0 Å². The quantitative estimate of drug-likeness (QED) is 0.747. The molecule has 0 radical (unpaired) electrons. The average molecular weight is 254 g/mol. The summed E-state index contributed by atoms with van der Waals surface area (Å²) in [5.74, 6) is 0.396. The number of amides is 1. The first-order chi connectivity index (χ1) is 8.74. The Kier molecular flexibility index (Phi) is 5.01. The number of aliphatic hydroxyl groups excluding tert-OH is 1. The molecule has 2 atom stereocenters. The first-order valence-corrected chi connectivity index (χ1v) is 7.38. The van der Waals surface area contributed by atoms with Crippen LogP contribution in [0.15, 0.2) is 0 Å². The molecule has 2 aliphatic carbocycles. The summed E-state index contributed by atoms with van der Waals surface area (Å²) in [6.45, 7) is 3.79. The van der Waals surface area contributed by atoms with E-state index < -0.39 is 0 Å². The predicted molar refractivity (Wildman–Crippen MR) is 71.2 cm³/mol. The van der Waals surface area contributed by atoms with E-state index in [1.165, 1.54) is 25.7 Å². The molecule has 2 rings (SSSR count). The second-order valence-corrected chi connectivity index (χ2v) is 5.70. The summed E-state index contributed by atoms with van der Waals surface area (Å²) >= 11 is 0. The summed E-state index contributed by atoms with van der Waals surface area (Å²) in [5, 5.41) is 12.5. The molecular formula is C14H26N2O2. The molecule has 0 aromatic carbocycles. The van der Waals surface area contributed by atoms with Crippen LogP contribution in [-0.2, 0) is 4.79 Å². The lowest BCUT2D eigenvalue weighted by molar-refractivity contribution is -0.123. The fourth-order valence-electron chi connectivity index (χ4n) is 2.99. The van der Waals surface area contributed by atoms with Crippen LogP contribution in [-0.4, -0.2) is 47.7 Å². The normalized spacial score (nSPS) is 28.4. The second-order valence-electron chi connectivity index (χ2n) is 5.70. The molecule has 0 spiro atoms. The molecule has 4 heteroatoms. The largest absolute Gasteiger partial charge is 0.396 e. The fraction of sp³-hybridized carbons (Fsp3) is 0.929. The van der Waals surface area contributed by atoms with Crippen molar-refractivity contribution in [2.45, 2.75) is 57.5 Å². The Labute approximate surface area is 110 Å². The molecule has 2 fully saturated rings. The highest BCUT2D eigenvalue weighted by Gasteiger charge is 2.30. The van der Waals surface area contributed by atoms with E-state index in [0.717, 1.165) is 19.4 Å². The van der Waals surface area contributed by atoms with Gasteiger partial charge >= 0.3 is 0 Å². The molecule has 0 aromatic rings. The van der Waals surface area contributed by atoms with Gasteiger partial charge in [0, 0.05) is 24.6 Å². The Balaban J connectivity index is 1.78. The van der Waals surface area contributed by atoms with Crippen LogP contribution in [0.3, 0.4) is 0 Å². The van der Waals surface area contributed by atoms with Crippen LogP contribution in [0.1, 0.15) is 45.4 Å². The first-order valence-electron chi connectivity index (χ1n) is 7.38. The summed E-state index contributed by atoms with van der Waals surface area (Å²) in [5.41, 5.74) is 0.